The molecule has 2 unspecified atom stereocenters. The molecule has 1 heteroatoms. The normalized spacial score (nSPS) is 34.7. The van der Waals surface area contributed by atoms with E-state index in [0.717, 1.165) is 12.8 Å². The number of hydrogen-bond donors (Lipinski definition) is 0. The van der Waals surface area contributed by atoms with E-state index in [9.17, 15) is 4.39 Å². The largest absolute Gasteiger partial charge is 0.244 e. The van der Waals surface area contributed by atoms with Gasteiger partial charge in [-0.15, -0.1) is 0 Å². The highest BCUT2D eigenvalue weighted by Crippen LogP contribution is 2.49. The Labute approximate surface area is 56.5 Å². The Balaban J connectivity index is 2.33. The maximum Gasteiger partial charge on any atom is 0.108 e. The molecule has 1 rings (SSSR count). The topological polar surface area (TPSA) is 0 Å². The first-order valence-electron chi connectivity index (χ1n) is 3.74. The van der Waals surface area contributed by atoms with Gasteiger partial charge >= 0.3 is 0 Å². The van der Waals surface area contributed by atoms with Gasteiger partial charge in [-0.3, -0.25) is 0 Å². The summed E-state index contributed by atoms with van der Waals surface area (Å²) in [5, 5.41) is 0. The van der Waals surface area contributed by atoms with Crippen molar-refractivity contribution in [2.24, 2.45) is 11.8 Å². The molecule has 54 valence electrons. The summed E-state index contributed by atoms with van der Waals surface area (Å²) >= 11 is 0. The number of rotatable bonds is 2. The minimum atomic E-state index is -0.916. The van der Waals surface area contributed by atoms with Crippen LogP contribution < -0.4 is 0 Å². The zero-order valence-corrected chi connectivity index (χ0v) is 6.45. The van der Waals surface area contributed by atoms with Gasteiger partial charge < -0.3 is 0 Å². The molecule has 0 amide bonds. The fraction of sp³-hybridized carbons (Fsp3) is 1.00. The Bertz CT molecular complexity index is 102. The standard InChI is InChI=1S/C8H15F/c1-4-6-5-7(6)8(2,3)9/h6-7H,4-5H2,1-3H3. The van der Waals surface area contributed by atoms with Crippen LogP contribution in [0.15, 0.2) is 0 Å². The van der Waals surface area contributed by atoms with E-state index in [2.05, 4.69) is 6.92 Å². The molecule has 1 aliphatic rings. The van der Waals surface area contributed by atoms with Gasteiger partial charge in [-0.25, -0.2) is 4.39 Å². The minimum absolute atomic E-state index is 0.363. The molecule has 0 aromatic rings. The van der Waals surface area contributed by atoms with E-state index in [4.69, 9.17) is 0 Å². The molecule has 0 aromatic heterocycles. The summed E-state index contributed by atoms with van der Waals surface area (Å²) in [5.41, 5.74) is -0.916. The van der Waals surface area contributed by atoms with Crippen molar-refractivity contribution in [1.82, 2.24) is 0 Å². The molecule has 0 bridgehead atoms. The highest BCUT2D eigenvalue weighted by molar-refractivity contribution is 4.95. The lowest BCUT2D eigenvalue weighted by Crippen LogP contribution is -2.15. The van der Waals surface area contributed by atoms with Crippen molar-refractivity contribution in [3.8, 4) is 0 Å². The van der Waals surface area contributed by atoms with Gasteiger partial charge in [0.05, 0.1) is 0 Å². The van der Waals surface area contributed by atoms with E-state index in [1.807, 2.05) is 0 Å². The van der Waals surface area contributed by atoms with Crippen molar-refractivity contribution in [3.63, 3.8) is 0 Å². The molecule has 0 radical (unpaired) electrons. The summed E-state index contributed by atoms with van der Waals surface area (Å²) in [7, 11) is 0. The zero-order valence-electron chi connectivity index (χ0n) is 6.45. The van der Waals surface area contributed by atoms with Crippen LogP contribution in [0.1, 0.15) is 33.6 Å². The van der Waals surface area contributed by atoms with E-state index in [1.54, 1.807) is 13.8 Å². The van der Waals surface area contributed by atoms with E-state index in [-0.39, 0.29) is 0 Å². The third kappa shape index (κ3) is 1.44. The lowest BCUT2D eigenvalue weighted by Gasteiger charge is -2.12. The third-order valence-corrected chi connectivity index (χ3v) is 2.33. The van der Waals surface area contributed by atoms with Crippen LogP contribution in [0.2, 0.25) is 0 Å². The quantitative estimate of drug-likeness (QED) is 0.539. The molecule has 0 aliphatic heterocycles. The first-order chi connectivity index (χ1) is 4.05. The molecule has 1 aliphatic carbocycles. The van der Waals surface area contributed by atoms with Crippen LogP contribution in [-0.2, 0) is 0 Å². The Hall–Kier alpha value is -0.0700. The second kappa shape index (κ2) is 1.96. The Morgan fingerprint density at radius 3 is 2.22 bits per heavy atom. The lowest BCUT2D eigenvalue weighted by atomic mass is 10.0. The smallest absolute Gasteiger partial charge is 0.108 e. The fourth-order valence-electron chi connectivity index (χ4n) is 1.54. The number of halogens is 1. The van der Waals surface area contributed by atoms with Crippen LogP contribution >= 0.6 is 0 Å². The molecule has 0 saturated heterocycles. The SMILES string of the molecule is CCC1CC1C(C)(C)F. The molecule has 9 heavy (non-hydrogen) atoms. The molecule has 0 heterocycles. The Morgan fingerprint density at radius 1 is 1.56 bits per heavy atom. The average Bonchev–Trinajstić information content (AvgIpc) is 2.39. The summed E-state index contributed by atoms with van der Waals surface area (Å²) in [5.74, 6) is 1.05. The van der Waals surface area contributed by atoms with E-state index in [1.165, 1.54) is 0 Å². The first-order valence-corrected chi connectivity index (χ1v) is 3.74. The molecular formula is C8H15F. The van der Waals surface area contributed by atoms with Crippen LogP contribution in [-0.4, -0.2) is 5.67 Å². The molecule has 1 saturated carbocycles. The second-order valence-electron chi connectivity index (χ2n) is 3.57. The van der Waals surface area contributed by atoms with Crippen LogP contribution in [0, 0.1) is 11.8 Å². The first kappa shape index (κ1) is 7.04. The summed E-state index contributed by atoms with van der Waals surface area (Å²) in [6, 6.07) is 0. The van der Waals surface area contributed by atoms with Gasteiger partial charge in [0.25, 0.3) is 0 Å². The van der Waals surface area contributed by atoms with E-state index >= 15 is 0 Å². The van der Waals surface area contributed by atoms with E-state index in [0.29, 0.717) is 11.8 Å². The molecule has 0 N–H and O–H groups in total. The van der Waals surface area contributed by atoms with Crippen molar-refractivity contribution in [3.05, 3.63) is 0 Å². The highest BCUT2D eigenvalue weighted by Gasteiger charge is 2.46. The van der Waals surface area contributed by atoms with Gasteiger partial charge in [0.2, 0.25) is 0 Å². The van der Waals surface area contributed by atoms with Gasteiger partial charge in [0, 0.05) is 0 Å². The summed E-state index contributed by atoms with van der Waals surface area (Å²) in [6.07, 6.45) is 2.26. The van der Waals surface area contributed by atoms with Crippen molar-refractivity contribution in [2.45, 2.75) is 39.3 Å². The third-order valence-electron chi connectivity index (χ3n) is 2.33. The second-order valence-corrected chi connectivity index (χ2v) is 3.57. The predicted molar refractivity (Wildman–Crippen MR) is 37.1 cm³/mol. The Morgan fingerprint density at radius 2 is 2.11 bits per heavy atom. The van der Waals surface area contributed by atoms with Gasteiger partial charge in [-0.2, -0.15) is 0 Å². The summed E-state index contributed by atoms with van der Waals surface area (Å²) < 4.78 is 13.0. The zero-order chi connectivity index (χ0) is 7.07. The van der Waals surface area contributed by atoms with Crippen molar-refractivity contribution < 1.29 is 4.39 Å². The number of hydrogen-bond acceptors (Lipinski definition) is 0. The van der Waals surface area contributed by atoms with Crippen LogP contribution in [0.3, 0.4) is 0 Å². The minimum Gasteiger partial charge on any atom is -0.244 e. The van der Waals surface area contributed by atoms with Crippen LogP contribution in [0.4, 0.5) is 4.39 Å². The van der Waals surface area contributed by atoms with Gasteiger partial charge in [0.15, 0.2) is 0 Å². The predicted octanol–water partition coefficient (Wildman–Crippen LogP) is 2.78. The molecule has 0 spiro atoms. The van der Waals surface area contributed by atoms with Crippen molar-refractivity contribution in [2.75, 3.05) is 0 Å². The van der Waals surface area contributed by atoms with Crippen LogP contribution in [0.5, 0.6) is 0 Å². The molecule has 0 aromatic carbocycles. The van der Waals surface area contributed by atoms with E-state index < -0.39 is 5.67 Å². The molecular weight excluding hydrogens is 115 g/mol. The summed E-state index contributed by atoms with van der Waals surface area (Å²) in [4.78, 5) is 0. The lowest BCUT2D eigenvalue weighted by molar-refractivity contribution is 0.174. The van der Waals surface area contributed by atoms with Gasteiger partial charge in [-0.1, -0.05) is 13.3 Å². The molecule has 1 fully saturated rings. The fourth-order valence-corrected chi connectivity index (χ4v) is 1.54. The van der Waals surface area contributed by atoms with Crippen molar-refractivity contribution >= 4 is 0 Å². The van der Waals surface area contributed by atoms with Crippen molar-refractivity contribution in [1.29, 1.82) is 0 Å². The highest BCUT2D eigenvalue weighted by atomic mass is 19.1. The molecule has 2 atom stereocenters. The average molecular weight is 130 g/mol. The van der Waals surface area contributed by atoms with Crippen LogP contribution in [0.25, 0.3) is 0 Å². The molecule has 0 nitrogen and oxygen atoms in total. The number of alkyl halides is 1. The summed E-state index contributed by atoms with van der Waals surface area (Å²) in [6.45, 7) is 5.51. The van der Waals surface area contributed by atoms with Gasteiger partial charge in [-0.05, 0) is 32.1 Å². The maximum absolute atomic E-state index is 13.0. The Kier molecular flexibility index (Phi) is 1.54. The van der Waals surface area contributed by atoms with Gasteiger partial charge in [0.1, 0.15) is 5.67 Å². The maximum atomic E-state index is 13.0. The monoisotopic (exact) mass is 130 g/mol.